The van der Waals surface area contributed by atoms with Gasteiger partial charge < -0.3 is 20.5 Å². The maximum atomic E-state index is 12.8. The quantitative estimate of drug-likeness (QED) is 0.561. The van der Waals surface area contributed by atoms with E-state index >= 15 is 0 Å². The number of benzene rings is 1. The zero-order valence-electron chi connectivity index (χ0n) is 18.9. The van der Waals surface area contributed by atoms with Crippen molar-refractivity contribution in [3.05, 3.63) is 35.9 Å². The average molecular weight is 421 g/mol. The largest absolute Gasteiger partial charge is 0.461 e. The molecule has 168 valence electrons. The standard InChI is InChI=1S/C23H36N2O5/c1-15(2)12-18(21(27)29-14-17-10-8-7-9-11-17)19(24)20(26)16(3)13-25-22(28)30-23(4,5)6/h7-11,15-16,18-19H,12-14,24H2,1-6H3,(H,25,28)/t16-,18-,19?/m1/s1. The third kappa shape index (κ3) is 9.39. The summed E-state index contributed by atoms with van der Waals surface area (Å²) >= 11 is 0. The molecule has 1 unspecified atom stereocenters. The van der Waals surface area contributed by atoms with Crippen LogP contribution in [0.25, 0.3) is 0 Å². The van der Waals surface area contributed by atoms with E-state index < -0.39 is 35.5 Å². The number of nitrogens with one attached hydrogen (secondary N) is 1. The Morgan fingerprint density at radius 2 is 1.67 bits per heavy atom. The highest BCUT2D eigenvalue weighted by Crippen LogP contribution is 2.20. The van der Waals surface area contributed by atoms with E-state index in [-0.39, 0.29) is 24.9 Å². The van der Waals surface area contributed by atoms with E-state index in [9.17, 15) is 14.4 Å². The first-order chi connectivity index (χ1) is 13.9. The summed E-state index contributed by atoms with van der Waals surface area (Å²) in [5.74, 6) is -1.93. The number of ether oxygens (including phenoxy) is 2. The van der Waals surface area contributed by atoms with Crippen molar-refractivity contribution in [1.82, 2.24) is 5.32 Å². The molecule has 7 nitrogen and oxygen atoms in total. The monoisotopic (exact) mass is 420 g/mol. The van der Waals surface area contributed by atoms with Crippen LogP contribution in [0.2, 0.25) is 0 Å². The van der Waals surface area contributed by atoms with E-state index in [0.29, 0.717) is 6.42 Å². The molecule has 0 saturated carbocycles. The number of hydrogen-bond donors (Lipinski definition) is 2. The summed E-state index contributed by atoms with van der Waals surface area (Å²) in [5, 5.41) is 2.58. The number of nitrogens with two attached hydrogens (primary N) is 1. The molecule has 0 spiro atoms. The molecule has 1 aromatic carbocycles. The first-order valence-corrected chi connectivity index (χ1v) is 10.4. The van der Waals surface area contributed by atoms with Gasteiger partial charge in [-0.3, -0.25) is 9.59 Å². The van der Waals surface area contributed by atoms with E-state index in [2.05, 4.69) is 5.32 Å². The lowest BCUT2D eigenvalue weighted by atomic mass is 9.85. The summed E-state index contributed by atoms with van der Waals surface area (Å²) in [6.45, 7) is 11.1. The van der Waals surface area contributed by atoms with E-state index in [1.54, 1.807) is 27.7 Å². The minimum atomic E-state index is -1.01. The van der Waals surface area contributed by atoms with Gasteiger partial charge in [0.1, 0.15) is 12.2 Å². The Morgan fingerprint density at radius 3 is 2.20 bits per heavy atom. The molecular formula is C23H36N2O5. The van der Waals surface area contributed by atoms with Crippen LogP contribution < -0.4 is 11.1 Å². The number of carbonyl (C=O) groups excluding carboxylic acids is 3. The van der Waals surface area contributed by atoms with Crippen molar-refractivity contribution in [3.8, 4) is 0 Å². The van der Waals surface area contributed by atoms with Crippen molar-refractivity contribution in [2.24, 2.45) is 23.5 Å². The van der Waals surface area contributed by atoms with Crippen LogP contribution in [0.4, 0.5) is 4.79 Å². The SMILES string of the molecule is CC(C)C[C@@H](C(=O)OCc1ccccc1)C(N)C(=O)[C@H](C)CNC(=O)OC(C)(C)C. The molecule has 1 amide bonds. The third-order valence-electron chi connectivity index (χ3n) is 4.45. The van der Waals surface area contributed by atoms with Crippen molar-refractivity contribution >= 4 is 17.8 Å². The van der Waals surface area contributed by atoms with Crippen LogP contribution in [-0.4, -0.2) is 36.0 Å². The lowest BCUT2D eigenvalue weighted by Crippen LogP contribution is -2.47. The van der Waals surface area contributed by atoms with Crippen LogP contribution in [-0.2, 0) is 25.7 Å². The topological polar surface area (TPSA) is 108 Å². The predicted octanol–water partition coefficient (Wildman–Crippen LogP) is 3.45. The van der Waals surface area contributed by atoms with Crippen molar-refractivity contribution in [2.45, 2.75) is 66.2 Å². The lowest BCUT2D eigenvalue weighted by Gasteiger charge is -2.26. The van der Waals surface area contributed by atoms with Gasteiger partial charge in [-0.15, -0.1) is 0 Å². The number of hydrogen-bond acceptors (Lipinski definition) is 6. The van der Waals surface area contributed by atoms with Gasteiger partial charge in [0.05, 0.1) is 12.0 Å². The first-order valence-electron chi connectivity index (χ1n) is 10.4. The molecule has 0 saturated heterocycles. The third-order valence-corrected chi connectivity index (χ3v) is 4.45. The highest BCUT2D eigenvalue weighted by Gasteiger charge is 2.34. The molecule has 30 heavy (non-hydrogen) atoms. The van der Waals surface area contributed by atoms with E-state index in [0.717, 1.165) is 5.56 Å². The fourth-order valence-electron chi connectivity index (χ4n) is 2.91. The Kier molecular flexibility index (Phi) is 9.99. The van der Waals surface area contributed by atoms with Crippen molar-refractivity contribution in [3.63, 3.8) is 0 Å². The van der Waals surface area contributed by atoms with Crippen LogP contribution >= 0.6 is 0 Å². The molecular weight excluding hydrogens is 384 g/mol. The first kappa shape index (κ1) is 25.6. The van der Waals surface area contributed by atoms with Gasteiger partial charge in [0.2, 0.25) is 0 Å². The second-order valence-electron chi connectivity index (χ2n) is 9.04. The summed E-state index contributed by atoms with van der Waals surface area (Å²) in [6.07, 6.45) is -0.163. The molecule has 7 heteroatoms. The van der Waals surface area contributed by atoms with E-state index in [4.69, 9.17) is 15.2 Å². The summed E-state index contributed by atoms with van der Waals surface area (Å²) < 4.78 is 10.6. The average Bonchev–Trinajstić information content (AvgIpc) is 2.66. The summed E-state index contributed by atoms with van der Waals surface area (Å²) in [7, 11) is 0. The van der Waals surface area contributed by atoms with Gasteiger partial charge in [-0.2, -0.15) is 0 Å². The number of Topliss-reactive ketones (excluding diaryl/α,β-unsaturated/α-hetero) is 1. The number of rotatable bonds is 10. The number of ketones is 1. The molecule has 0 heterocycles. The zero-order chi connectivity index (χ0) is 22.9. The molecule has 1 rings (SSSR count). The van der Waals surface area contributed by atoms with E-state index in [1.165, 1.54) is 0 Å². The molecule has 1 aromatic rings. The second kappa shape index (κ2) is 11.7. The van der Waals surface area contributed by atoms with Crippen LogP contribution in [0.1, 0.15) is 53.5 Å². The van der Waals surface area contributed by atoms with Gasteiger partial charge in [-0.05, 0) is 38.7 Å². The Labute approximate surface area is 179 Å². The fourth-order valence-corrected chi connectivity index (χ4v) is 2.91. The highest BCUT2D eigenvalue weighted by atomic mass is 16.6. The maximum Gasteiger partial charge on any atom is 0.407 e. The minimum absolute atomic E-state index is 0.0783. The number of amides is 1. The van der Waals surface area contributed by atoms with Crippen LogP contribution in [0, 0.1) is 17.8 Å². The molecule has 0 bridgehead atoms. The lowest BCUT2D eigenvalue weighted by molar-refractivity contribution is -0.153. The maximum absolute atomic E-state index is 12.8. The van der Waals surface area contributed by atoms with Gasteiger partial charge in [-0.1, -0.05) is 51.1 Å². The van der Waals surface area contributed by atoms with Crippen LogP contribution in [0.3, 0.4) is 0 Å². The van der Waals surface area contributed by atoms with Crippen LogP contribution in [0.5, 0.6) is 0 Å². The van der Waals surface area contributed by atoms with Crippen molar-refractivity contribution < 1.29 is 23.9 Å². The predicted molar refractivity (Wildman–Crippen MR) is 116 cm³/mol. The zero-order valence-corrected chi connectivity index (χ0v) is 18.9. The number of alkyl carbamates (subject to hydrolysis) is 1. The minimum Gasteiger partial charge on any atom is -0.461 e. The molecule has 0 aromatic heterocycles. The normalized spacial score (nSPS) is 14.5. The fraction of sp³-hybridized carbons (Fsp3) is 0.609. The second-order valence-corrected chi connectivity index (χ2v) is 9.04. The van der Waals surface area contributed by atoms with Gasteiger partial charge in [0.25, 0.3) is 0 Å². The Balaban J connectivity index is 2.70. The summed E-state index contributed by atoms with van der Waals surface area (Å²) in [6, 6.07) is 8.33. The number of esters is 1. The van der Waals surface area contributed by atoms with E-state index in [1.807, 2.05) is 44.2 Å². The van der Waals surface area contributed by atoms with Gasteiger partial charge in [0.15, 0.2) is 5.78 Å². The molecule has 3 N–H and O–H groups in total. The molecule has 3 atom stereocenters. The Bertz CT molecular complexity index is 697. The smallest absolute Gasteiger partial charge is 0.407 e. The highest BCUT2D eigenvalue weighted by molar-refractivity contribution is 5.91. The Morgan fingerprint density at radius 1 is 1.07 bits per heavy atom. The van der Waals surface area contributed by atoms with Gasteiger partial charge >= 0.3 is 12.1 Å². The Hall–Kier alpha value is -2.41. The summed E-state index contributed by atoms with van der Waals surface area (Å²) in [5.41, 5.74) is 6.43. The molecule has 0 aliphatic heterocycles. The van der Waals surface area contributed by atoms with Gasteiger partial charge in [-0.25, -0.2) is 4.79 Å². The van der Waals surface area contributed by atoms with Gasteiger partial charge in [0, 0.05) is 12.5 Å². The molecule has 0 radical (unpaired) electrons. The van der Waals surface area contributed by atoms with Crippen molar-refractivity contribution in [1.29, 1.82) is 0 Å². The summed E-state index contributed by atoms with van der Waals surface area (Å²) in [4.78, 5) is 37.3. The van der Waals surface area contributed by atoms with Crippen LogP contribution in [0.15, 0.2) is 30.3 Å². The molecule has 0 aliphatic rings. The molecule has 0 fully saturated rings. The number of carbonyl (C=O) groups is 3. The molecule has 0 aliphatic carbocycles. The van der Waals surface area contributed by atoms with Crippen molar-refractivity contribution in [2.75, 3.05) is 6.54 Å².